The lowest BCUT2D eigenvalue weighted by molar-refractivity contribution is -0.121. The van der Waals surface area contributed by atoms with Gasteiger partial charge in [-0.2, -0.15) is 0 Å². The molecule has 0 saturated carbocycles. The zero-order valence-corrected chi connectivity index (χ0v) is 16.9. The quantitative estimate of drug-likeness (QED) is 0.605. The largest absolute Gasteiger partial charge is 0.494 e. The van der Waals surface area contributed by atoms with Crippen LogP contribution in [0.3, 0.4) is 0 Å². The van der Waals surface area contributed by atoms with Gasteiger partial charge in [0.15, 0.2) is 0 Å². The lowest BCUT2D eigenvalue weighted by atomic mass is 10.0. The van der Waals surface area contributed by atoms with Crippen molar-refractivity contribution in [1.82, 2.24) is 5.32 Å². The maximum Gasteiger partial charge on any atom is 0.224 e. The molecule has 154 valence electrons. The normalized spacial score (nSPS) is 12.7. The molecule has 1 aliphatic rings. The number of carbonyl (C=O) groups is 2. The number of anilines is 2. The summed E-state index contributed by atoms with van der Waals surface area (Å²) in [6.07, 6.45) is 3.27. The molecule has 0 unspecified atom stereocenters. The molecule has 0 atom stereocenters. The number of fused-ring (bicyclic) bond motifs is 1. The third-order valence-corrected chi connectivity index (χ3v) is 4.98. The topological polar surface area (TPSA) is 70.7 Å². The third kappa shape index (κ3) is 6.52. The minimum atomic E-state index is 0.0592. The van der Waals surface area contributed by atoms with E-state index in [0.717, 1.165) is 36.4 Å². The maximum atomic E-state index is 12.0. The maximum absolute atomic E-state index is 12.0. The van der Waals surface area contributed by atoms with Crippen molar-refractivity contribution >= 4 is 23.2 Å². The van der Waals surface area contributed by atoms with Crippen molar-refractivity contribution < 1.29 is 14.3 Å². The first-order valence-electron chi connectivity index (χ1n) is 10.2. The van der Waals surface area contributed by atoms with Crippen molar-refractivity contribution in [3.8, 4) is 5.75 Å². The van der Waals surface area contributed by atoms with Gasteiger partial charge in [0.25, 0.3) is 0 Å². The molecule has 6 nitrogen and oxygen atoms in total. The van der Waals surface area contributed by atoms with Gasteiger partial charge in [-0.15, -0.1) is 0 Å². The number of hydrogen-bond donors (Lipinski definition) is 2. The summed E-state index contributed by atoms with van der Waals surface area (Å²) in [5.74, 6) is 0.900. The molecule has 2 aromatic carbocycles. The molecule has 6 heteroatoms. The van der Waals surface area contributed by atoms with E-state index in [1.807, 2.05) is 36.4 Å². The number of amides is 2. The van der Waals surface area contributed by atoms with E-state index in [1.54, 1.807) is 0 Å². The molecule has 1 heterocycles. The second kappa shape index (κ2) is 10.5. The van der Waals surface area contributed by atoms with E-state index in [-0.39, 0.29) is 11.8 Å². The first kappa shape index (κ1) is 20.7. The molecule has 0 spiro atoms. The first-order chi connectivity index (χ1) is 14.1. The minimum Gasteiger partial charge on any atom is -0.494 e. The Bertz CT molecular complexity index is 823. The van der Waals surface area contributed by atoms with Crippen LogP contribution < -0.4 is 20.3 Å². The predicted octanol–water partition coefficient (Wildman–Crippen LogP) is 3.37. The number of aryl methyl sites for hydroxylation is 1. The van der Waals surface area contributed by atoms with Crippen molar-refractivity contribution in [1.29, 1.82) is 0 Å². The van der Waals surface area contributed by atoms with Gasteiger partial charge in [0.1, 0.15) is 5.75 Å². The molecule has 0 saturated heterocycles. The van der Waals surface area contributed by atoms with Crippen LogP contribution in [0.2, 0.25) is 0 Å². The summed E-state index contributed by atoms with van der Waals surface area (Å²) in [5.41, 5.74) is 3.15. The van der Waals surface area contributed by atoms with Crippen LogP contribution in [0.1, 0.15) is 31.2 Å². The van der Waals surface area contributed by atoms with Crippen molar-refractivity contribution in [2.24, 2.45) is 0 Å². The molecular weight excluding hydrogens is 366 g/mol. The highest BCUT2D eigenvalue weighted by atomic mass is 16.5. The molecule has 2 aromatic rings. The number of rotatable bonds is 10. The fourth-order valence-electron chi connectivity index (χ4n) is 3.32. The van der Waals surface area contributed by atoms with Gasteiger partial charge in [-0.05, 0) is 55.2 Å². The van der Waals surface area contributed by atoms with Crippen molar-refractivity contribution in [2.45, 2.75) is 32.1 Å². The van der Waals surface area contributed by atoms with Crippen LogP contribution in [0.25, 0.3) is 0 Å². The van der Waals surface area contributed by atoms with Gasteiger partial charge in [-0.25, -0.2) is 0 Å². The average Bonchev–Trinajstić information content (AvgIpc) is 2.74. The molecule has 0 aromatic heterocycles. The van der Waals surface area contributed by atoms with E-state index in [9.17, 15) is 9.59 Å². The second-order valence-corrected chi connectivity index (χ2v) is 7.28. The highest BCUT2D eigenvalue weighted by molar-refractivity contribution is 5.94. The fourth-order valence-corrected chi connectivity index (χ4v) is 3.32. The second-order valence-electron chi connectivity index (χ2n) is 7.28. The summed E-state index contributed by atoms with van der Waals surface area (Å²) >= 11 is 0. The predicted molar refractivity (Wildman–Crippen MR) is 115 cm³/mol. The Morgan fingerprint density at radius 1 is 1.14 bits per heavy atom. The Hall–Kier alpha value is -3.02. The Kier molecular flexibility index (Phi) is 7.50. The van der Waals surface area contributed by atoms with E-state index in [0.29, 0.717) is 32.4 Å². The summed E-state index contributed by atoms with van der Waals surface area (Å²) < 4.78 is 5.76. The molecule has 0 fully saturated rings. The van der Waals surface area contributed by atoms with Gasteiger partial charge in [-0.1, -0.05) is 18.2 Å². The van der Waals surface area contributed by atoms with E-state index >= 15 is 0 Å². The van der Waals surface area contributed by atoms with Crippen molar-refractivity contribution in [3.05, 3.63) is 54.1 Å². The van der Waals surface area contributed by atoms with Gasteiger partial charge >= 0.3 is 0 Å². The number of benzene rings is 2. The highest BCUT2D eigenvalue weighted by Crippen LogP contribution is 2.26. The number of hydrogen-bond acceptors (Lipinski definition) is 4. The molecular formula is C23H29N3O3. The van der Waals surface area contributed by atoms with Gasteiger partial charge in [0, 0.05) is 44.4 Å². The molecule has 0 radical (unpaired) electrons. The monoisotopic (exact) mass is 395 g/mol. The van der Waals surface area contributed by atoms with Crippen LogP contribution in [-0.4, -0.2) is 38.6 Å². The third-order valence-electron chi connectivity index (χ3n) is 4.98. The van der Waals surface area contributed by atoms with Gasteiger partial charge in [0.2, 0.25) is 11.8 Å². The fraction of sp³-hybridized carbons (Fsp3) is 0.391. The lowest BCUT2D eigenvalue weighted by Gasteiger charge is -2.19. The molecule has 1 aliphatic heterocycles. The van der Waals surface area contributed by atoms with Gasteiger partial charge < -0.3 is 20.3 Å². The van der Waals surface area contributed by atoms with Crippen LogP contribution >= 0.6 is 0 Å². The van der Waals surface area contributed by atoms with Crippen LogP contribution in [-0.2, 0) is 16.0 Å². The standard InChI is InChI=1S/C23H29N3O3/c1-26(19-7-3-2-4-8-19)15-6-14-24-22(27)9-5-16-29-20-11-12-21-18(17-20)10-13-23(28)25-21/h2-4,7-8,11-12,17H,5-6,9-10,13-16H2,1H3,(H,24,27)(H,25,28). The number of carbonyl (C=O) groups excluding carboxylic acids is 2. The number of nitrogens with zero attached hydrogens (tertiary/aromatic N) is 1. The summed E-state index contributed by atoms with van der Waals surface area (Å²) in [7, 11) is 2.06. The van der Waals surface area contributed by atoms with Crippen LogP contribution in [0.4, 0.5) is 11.4 Å². The van der Waals surface area contributed by atoms with Crippen LogP contribution in [0.5, 0.6) is 5.75 Å². The first-order valence-corrected chi connectivity index (χ1v) is 10.2. The Labute approximate surface area is 172 Å². The van der Waals surface area contributed by atoms with Gasteiger partial charge in [0.05, 0.1) is 6.61 Å². The van der Waals surface area contributed by atoms with E-state index in [1.165, 1.54) is 5.69 Å². The smallest absolute Gasteiger partial charge is 0.224 e. The number of ether oxygens (including phenoxy) is 1. The lowest BCUT2D eigenvalue weighted by Crippen LogP contribution is -2.28. The number of nitrogens with one attached hydrogen (secondary N) is 2. The van der Waals surface area contributed by atoms with Crippen LogP contribution in [0, 0.1) is 0 Å². The summed E-state index contributed by atoms with van der Waals surface area (Å²) in [4.78, 5) is 25.6. The van der Waals surface area contributed by atoms with E-state index in [4.69, 9.17) is 4.74 Å². The molecule has 2 amide bonds. The van der Waals surface area contributed by atoms with Gasteiger partial charge in [-0.3, -0.25) is 9.59 Å². The van der Waals surface area contributed by atoms with Crippen LogP contribution in [0.15, 0.2) is 48.5 Å². The zero-order valence-electron chi connectivity index (χ0n) is 16.9. The summed E-state index contributed by atoms with van der Waals surface area (Å²) in [6.45, 7) is 2.06. The average molecular weight is 396 g/mol. The van der Waals surface area contributed by atoms with E-state index in [2.05, 4.69) is 34.7 Å². The Morgan fingerprint density at radius 2 is 1.97 bits per heavy atom. The Balaban J connectivity index is 1.27. The Morgan fingerprint density at radius 3 is 2.79 bits per heavy atom. The molecule has 0 aliphatic carbocycles. The molecule has 0 bridgehead atoms. The summed E-state index contributed by atoms with van der Waals surface area (Å²) in [6, 6.07) is 15.9. The SMILES string of the molecule is CN(CCCNC(=O)CCCOc1ccc2c(c1)CCC(=O)N2)c1ccccc1. The molecule has 29 heavy (non-hydrogen) atoms. The minimum absolute atomic E-state index is 0.0592. The number of para-hydroxylation sites is 1. The highest BCUT2D eigenvalue weighted by Gasteiger charge is 2.15. The molecule has 3 rings (SSSR count). The zero-order chi connectivity index (χ0) is 20.5. The van der Waals surface area contributed by atoms with Crippen molar-refractivity contribution in [2.75, 3.05) is 37.0 Å². The van der Waals surface area contributed by atoms with E-state index < -0.39 is 0 Å². The summed E-state index contributed by atoms with van der Waals surface area (Å²) in [5, 5.41) is 5.83. The van der Waals surface area contributed by atoms with Crippen molar-refractivity contribution in [3.63, 3.8) is 0 Å². The molecule has 2 N–H and O–H groups in total.